The molecule has 0 unspecified atom stereocenters. The second kappa shape index (κ2) is 19.2. The van der Waals surface area contributed by atoms with Crippen LogP contribution in [0.1, 0.15) is 61.9 Å². The number of rotatable bonds is 12. The van der Waals surface area contributed by atoms with Gasteiger partial charge in [-0.2, -0.15) is 0 Å². The SMILES string of the molecule is COc1cc([C@@H]2c3cc4c(cc3[C@@H](O[C@@H]3O[C@@H]5CO[C@@H](C)O[C@H]5[C@H](OC(=O)c5ccccc5)[C@H]3OC(=O)c3ccccc3)[C@H]3COC(=O)[C@H]23)OCO4)cc(OC)c1OC(=O)OCc1ccccc1. The first-order chi connectivity index (χ1) is 33.2. The second-order valence-corrected chi connectivity index (χ2v) is 16.6. The maximum absolute atomic E-state index is 14.2. The number of ether oxygens (including phenoxy) is 13. The Morgan fingerprint density at radius 1 is 0.691 bits per heavy atom. The summed E-state index contributed by atoms with van der Waals surface area (Å²) in [5, 5.41) is 0. The molecule has 0 radical (unpaired) electrons. The Morgan fingerprint density at radius 2 is 1.29 bits per heavy atom. The number of hydrogen-bond acceptors (Lipinski definition) is 17. The van der Waals surface area contributed by atoms with Crippen LogP contribution in [0.25, 0.3) is 0 Å². The van der Waals surface area contributed by atoms with Crippen LogP contribution in [0.3, 0.4) is 0 Å². The number of methoxy groups -OCH3 is 2. The van der Waals surface area contributed by atoms with E-state index < -0.39 is 84.9 Å². The van der Waals surface area contributed by atoms with E-state index >= 15 is 0 Å². The standard InChI is InChI=1S/C51H46O17/c1-27-58-25-39-44(63-27)45(65-47(52)29-15-9-5-10-16-29)46(66-48(53)30-17-11-6-12-18-30)50(64-39)67-42-33-22-36-35(61-26-62-36)21-32(33)40(41-34(42)24-59-49(41)54)31-19-37(56-2)43(38(20-31)57-3)68-51(55)60-23-28-13-7-4-8-14-28/h4-22,27,34,39-42,44-46,50H,23-26H2,1-3H3/t27-,34+,39-,40-,41+,42-,44-,45+,46-,50+/m1/s1. The summed E-state index contributed by atoms with van der Waals surface area (Å²) in [5.41, 5.74) is 2.95. The Labute approximate surface area is 389 Å². The summed E-state index contributed by atoms with van der Waals surface area (Å²) < 4.78 is 78.6. The summed E-state index contributed by atoms with van der Waals surface area (Å²) in [7, 11) is 2.82. The summed E-state index contributed by atoms with van der Waals surface area (Å²) >= 11 is 0. The lowest BCUT2D eigenvalue weighted by Gasteiger charge is -2.49. The molecule has 3 fully saturated rings. The van der Waals surface area contributed by atoms with Crippen molar-refractivity contribution in [3.8, 4) is 28.7 Å². The van der Waals surface area contributed by atoms with E-state index in [4.69, 9.17) is 61.6 Å². The van der Waals surface area contributed by atoms with Gasteiger partial charge in [0.2, 0.25) is 12.5 Å². The van der Waals surface area contributed by atoms with Crippen molar-refractivity contribution in [2.75, 3.05) is 34.2 Å². The average Bonchev–Trinajstić information content (AvgIpc) is 4.00. The van der Waals surface area contributed by atoms with E-state index in [0.29, 0.717) is 28.2 Å². The van der Waals surface area contributed by atoms with Crippen LogP contribution in [-0.2, 0) is 49.3 Å². The van der Waals surface area contributed by atoms with Crippen molar-refractivity contribution in [1.82, 2.24) is 0 Å². The summed E-state index contributed by atoms with van der Waals surface area (Å²) in [6, 6.07) is 32.7. The van der Waals surface area contributed by atoms with Gasteiger partial charge in [0.25, 0.3) is 0 Å². The van der Waals surface area contributed by atoms with E-state index in [-0.39, 0.29) is 55.0 Å². The molecule has 3 saturated heterocycles. The van der Waals surface area contributed by atoms with Crippen LogP contribution in [-0.4, -0.2) is 95.3 Å². The van der Waals surface area contributed by atoms with Gasteiger partial charge in [-0.1, -0.05) is 66.7 Å². The Hall–Kier alpha value is -7.18. The molecule has 0 aromatic heterocycles. The van der Waals surface area contributed by atoms with E-state index in [1.807, 2.05) is 30.3 Å². The molecule has 68 heavy (non-hydrogen) atoms. The molecule has 17 heteroatoms. The minimum atomic E-state index is -1.44. The molecular formula is C51H46O17. The number of benzene rings is 5. The average molecular weight is 931 g/mol. The number of hydrogen-bond donors (Lipinski definition) is 0. The topological polar surface area (TPSA) is 188 Å². The fourth-order valence-electron chi connectivity index (χ4n) is 9.41. The van der Waals surface area contributed by atoms with E-state index in [0.717, 1.165) is 5.56 Å². The highest BCUT2D eigenvalue weighted by Crippen LogP contribution is 2.57. The van der Waals surface area contributed by atoms with Gasteiger partial charge in [0.1, 0.15) is 18.8 Å². The largest absolute Gasteiger partial charge is 0.514 e. The van der Waals surface area contributed by atoms with E-state index in [9.17, 15) is 19.2 Å². The lowest BCUT2D eigenvalue weighted by atomic mass is 9.66. The Balaban J connectivity index is 1.03. The zero-order chi connectivity index (χ0) is 46.9. The second-order valence-electron chi connectivity index (χ2n) is 16.6. The zero-order valence-electron chi connectivity index (χ0n) is 37.0. The highest BCUT2D eigenvalue weighted by molar-refractivity contribution is 5.90. The predicted molar refractivity (Wildman–Crippen MR) is 233 cm³/mol. The van der Waals surface area contributed by atoms with Crippen LogP contribution in [0.4, 0.5) is 4.79 Å². The summed E-state index contributed by atoms with van der Waals surface area (Å²) in [6.07, 6.45) is -8.65. The molecule has 1 aliphatic carbocycles. The van der Waals surface area contributed by atoms with Gasteiger partial charge >= 0.3 is 24.1 Å². The molecule has 0 bridgehead atoms. The zero-order valence-corrected chi connectivity index (χ0v) is 37.0. The Kier molecular flexibility index (Phi) is 12.6. The normalized spacial score (nSPS) is 26.5. The molecule has 10 rings (SSSR count). The number of cyclic esters (lactones) is 1. The minimum absolute atomic E-state index is 0.0220. The molecule has 0 amide bonds. The first-order valence-corrected chi connectivity index (χ1v) is 22.0. The van der Waals surface area contributed by atoms with Crippen molar-refractivity contribution in [3.63, 3.8) is 0 Å². The minimum Gasteiger partial charge on any atom is -0.493 e. The fourth-order valence-corrected chi connectivity index (χ4v) is 9.41. The number of carbonyl (C=O) groups is 4. The highest BCUT2D eigenvalue weighted by Gasteiger charge is 2.58. The summed E-state index contributed by atoms with van der Waals surface area (Å²) in [4.78, 5) is 55.1. The van der Waals surface area contributed by atoms with Crippen LogP contribution in [0.5, 0.6) is 28.7 Å². The lowest BCUT2D eigenvalue weighted by Crippen LogP contribution is -2.65. The van der Waals surface area contributed by atoms with Crippen molar-refractivity contribution < 1.29 is 80.8 Å². The predicted octanol–water partition coefficient (Wildman–Crippen LogP) is 7.08. The molecule has 4 heterocycles. The van der Waals surface area contributed by atoms with E-state index in [1.165, 1.54) is 14.2 Å². The maximum Gasteiger partial charge on any atom is 0.514 e. The van der Waals surface area contributed by atoms with Gasteiger partial charge in [-0.25, -0.2) is 14.4 Å². The highest BCUT2D eigenvalue weighted by atomic mass is 16.8. The molecule has 0 saturated carbocycles. The Bertz CT molecular complexity index is 2640. The number of carbonyl (C=O) groups excluding carboxylic acids is 4. The van der Waals surface area contributed by atoms with Gasteiger partial charge in [0, 0.05) is 11.8 Å². The third-order valence-electron chi connectivity index (χ3n) is 12.6. The molecular weight excluding hydrogens is 885 g/mol. The number of fused-ring (bicyclic) bond motifs is 4. The van der Waals surface area contributed by atoms with E-state index in [2.05, 4.69) is 0 Å². The van der Waals surface area contributed by atoms with Crippen molar-refractivity contribution in [1.29, 1.82) is 0 Å². The van der Waals surface area contributed by atoms with Gasteiger partial charge < -0.3 is 61.6 Å². The quantitative estimate of drug-likeness (QED) is 0.0701. The van der Waals surface area contributed by atoms with Crippen LogP contribution in [0.15, 0.2) is 115 Å². The molecule has 5 aromatic carbocycles. The maximum atomic E-state index is 14.2. The van der Waals surface area contributed by atoms with Crippen molar-refractivity contribution >= 4 is 24.1 Å². The Morgan fingerprint density at radius 3 is 1.93 bits per heavy atom. The van der Waals surface area contributed by atoms with Crippen LogP contribution in [0, 0.1) is 11.8 Å². The van der Waals surface area contributed by atoms with Crippen LogP contribution in [0.2, 0.25) is 0 Å². The van der Waals surface area contributed by atoms with Gasteiger partial charge in [0.15, 0.2) is 47.8 Å². The molecule has 0 N–H and O–H groups in total. The molecule has 0 spiro atoms. The van der Waals surface area contributed by atoms with E-state index in [1.54, 1.807) is 91.9 Å². The summed E-state index contributed by atoms with van der Waals surface area (Å²) in [6.45, 7) is 1.55. The molecule has 17 nitrogen and oxygen atoms in total. The molecule has 5 aliphatic rings. The first-order valence-electron chi connectivity index (χ1n) is 22.0. The van der Waals surface area contributed by atoms with Gasteiger partial charge in [-0.3, -0.25) is 4.79 Å². The molecule has 5 aromatic rings. The lowest BCUT2D eigenvalue weighted by molar-refractivity contribution is -0.362. The van der Waals surface area contributed by atoms with Crippen molar-refractivity contribution in [2.45, 2.75) is 62.5 Å². The third kappa shape index (κ3) is 8.76. The third-order valence-corrected chi connectivity index (χ3v) is 12.6. The van der Waals surface area contributed by atoms with Crippen molar-refractivity contribution in [2.24, 2.45) is 11.8 Å². The molecule has 10 atom stereocenters. The first kappa shape index (κ1) is 44.6. The fraction of sp³-hybridized carbons (Fsp3) is 0.333. The van der Waals surface area contributed by atoms with Crippen molar-refractivity contribution in [3.05, 3.63) is 149 Å². The summed E-state index contributed by atoms with van der Waals surface area (Å²) in [5.74, 6) is -3.26. The van der Waals surface area contributed by atoms with Gasteiger partial charge in [-0.15, -0.1) is 0 Å². The van der Waals surface area contributed by atoms with Gasteiger partial charge in [0.05, 0.1) is 50.6 Å². The van der Waals surface area contributed by atoms with Crippen LogP contribution >= 0.6 is 0 Å². The van der Waals surface area contributed by atoms with Gasteiger partial charge in [-0.05, 0) is 77.7 Å². The molecule has 352 valence electrons. The number of esters is 3. The molecule has 4 aliphatic heterocycles. The smallest absolute Gasteiger partial charge is 0.493 e. The monoisotopic (exact) mass is 930 g/mol. The van der Waals surface area contributed by atoms with Crippen LogP contribution < -0.4 is 23.7 Å².